The van der Waals surface area contributed by atoms with Gasteiger partial charge in [0, 0.05) is 28.7 Å². The Labute approximate surface area is 229 Å². The first kappa shape index (κ1) is 26.9. The molecule has 0 saturated heterocycles. The fourth-order valence-corrected chi connectivity index (χ4v) is 7.03. The van der Waals surface area contributed by atoms with E-state index in [1.165, 1.54) is 12.0 Å². The van der Waals surface area contributed by atoms with Gasteiger partial charge >= 0.3 is 0 Å². The molecule has 3 fully saturated rings. The van der Waals surface area contributed by atoms with Gasteiger partial charge in [0.1, 0.15) is 11.5 Å². The summed E-state index contributed by atoms with van der Waals surface area (Å²) < 4.78 is 16.9. The van der Waals surface area contributed by atoms with Crippen molar-refractivity contribution in [3.8, 4) is 11.5 Å². The lowest BCUT2D eigenvalue weighted by atomic mass is 9.83. The Morgan fingerprint density at radius 1 is 0.947 bits per heavy atom. The van der Waals surface area contributed by atoms with Gasteiger partial charge in [-0.15, -0.1) is 0 Å². The first-order valence-electron chi connectivity index (χ1n) is 13.7. The number of anilines is 1. The zero-order chi connectivity index (χ0) is 26.6. The van der Waals surface area contributed by atoms with Crippen molar-refractivity contribution < 1.29 is 23.2 Å². The summed E-state index contributed by atoms with van der Waals surface area (Å²) in [4.78, 5) is 28.0. The van der Waals surface area contributed by atoms with Gasteiger partial charge in [0.15, 0.2) is 0 Å². The zero-order valence-corrected chi connectivity index (χ0v) is 23.2. The summed E-state index contributed by atoms with van der Waals surface area (Å²) in [6, 6.07) is 12.8. The third-order valence-corrected chi connectivity index (χ3v) is 9.09. The van der Waals surface area contributed by atoms with E-state index in [-0.39, 0.29) is 35.8 Å². The summed E-state index contributed by atoms with van der Waals surface area (Å²) in [5.41, 5.74) is 1.17. The summed E-state index contributed by atoms with van der Waals surface area (Å²) >= 11 is 1.25. The van der Waals surface area contributed by atoms with Crippen LogP contribution < -0.4 is 20.1 Å². The van der Waals surface area contributed by atoms with Crippen LogP contribution in [0.4, 0.5) is 5.69 Å². The molecule has 4 atom stereocenters. The number of nitrogens with one attached hydrogen (secondary N) is 2. The van der Waals surface area contributed by atoms with E-state index in [4.69, 9.17) is 13.7 Å². The summed E-state index contributed by atoms with van der Waals surface area (Å²) in [7, 11) is 3.19. The molecule has 0 spiro atoms. The largest absolute Gasteiger partial charge is 0.496 e. The second kappa shape index (κ2) is 12.0. The molecular formula is C30H38N2O5S. The highest BCUT2D eigenvalue weighted by molar-refractivity contribution is 7.94. The van der Waals surface area contributed by atoms with Crippen LogP contribution in [0.2, 0.25) is 0 Å². The van der Waals surface area contributed by atoms with Crippen LogP contribution in [0.5, 0.6) is 11.5 Å². The molecule has 2 aromatic rings. The van der Waals surface area contributed by atoms with Crippen molar-refractivity contribution >= 4 is 29.5 Å². The first-order chi connectivity index (χ1) is 18.4. The quantitative estimate of drug-likeness (QED) is 0.376. The lowest BCUT2D eigenvalue weighted by molar-refractivity contribution is -0.122. The molecule has 0 unspecified atom stereocenters. The van der Waals surface area contributed by atoms with Gasteiger partial charge in [-0.1, -0.05) is 13.0 Å². The first-order valence-corrected chi connectivity index (χ1v) is 14.5. The Morgan fingerprint density at radius 3 is 2.50 bits per heavy atom. The SMILES string of the molecule is COSc1cccc(NC(=O)[C@H]2[C@@H]3CC[C@@H](C3)[C@H]2NC(=O)c2cc(OC3CCC(C)CC3)ccc2OC)c1. The number of carbonyl (C=O) groups is 2. The van der Waals surface area contributed by atoms with Gasteiger partial charge in [-0.3, -0.25) is 9.59 Å². The maximum atomic E-state index is 13.6. The third kappa shape index (κ3) is 5.96. The molecule has 5 rings (SSSR count). The number of hydrogen-bond donors (Lipinski definition) is 2. The number of ether oxygens (including phenoxy) is 2. The highest BCUT2D eigenvalue weighted by Crippen LogP contribution is 2.49. The normalized spacial score (nSPS) is 28.1. The van der Waals surface area contributed by atoms with Crippen molar-refractivity contribution in [2.24, 2.45) is 23.7 Å². The minimum Gasteiger partial charge on any atom is -0.496 e. The van der Waals surface area contributed by atoms with Gasteiger partial charge in [-0.2, -0.15) is 0 Å². The number of benzene rings is 2. The summed E-state index contributed by atoms with van der Waals surface area (Å²) in [6.07, 6.45) is 7.57. The van der Waals surface area contributed by atoms with Crippen molar-refractivity contribution in [1.82, 2.24) is 5.32 Å². The molecule has 3 saturated carbocycles. The fraction of sp³-hybridized carbons (Fsp3) is 0.533. The molecule has 0 aliphatic heterocycles. The van der Waals surface area contributed by atoms with Gasteiger partial charge in [0.2, 0.25) is 5.91 Å². The molecule has 8 heteroatoms. The van der Waals surface area contributed by atoms with E-state index >= 15 is 0 Å². The van der Waals surface area contributed by atoms with Crippen LogP contribution in [-0.4, -0.2) is 38.2 Å². The van der Waals surface area contributed by atoms with Crippen LogP contribution in [0.25, 0.3) is 0 Å². The molecule has 2 bridgehead atoms. The average Bonchev–Trinajstić information content (AvgIpc) is 3.52. The lowest BCUT2D eigenvalue weighted by Crippen LogP contribution is -2.48. The van der Waals surface area contributed by atoms with E-state index in [1.54, 1.807) is 26.4 Å². The summed E-state index contributed by atoms with van der Waals surface area (Å²) in [5, 5.41) is 6.31. The van der Waals surface area contributed by atoms with Crippen LogP contribution in [0, 0.1) is 23.7 Å². The molecule has 0 heterocycles. The van der Waals surface area contributed by atoms with E-state index in [9.17, 15) is 9.59 Å². The highest BCUT2D eigenvalue weighted by Gasteiger charge is 2.51. The van der Waals surface area contributed by atoms with Crippen molar-refractivity contribution in [3.05, 3.63) is 48.0 Å². The maximum Gasteiger partial charge on any atom is 0.255 e. The number of amides is 2. The number of rotatable bonds is 9. The smallest absolute Gasteiger partial charge is 0.255 e. The van der Waals surface area contributed by atoms with Crippen molar-refractivity contribution in [1.29, 1.82) is 0 Å². The Morgan fingerprint density at radius 2 is 1.74 bits per heavy atom. The number of hydrogen-bond acceptors (Lipinski definition) is 6. The topological polar surface area (TPSA) is 85.9 Å². The summed E-state index contributed by atoms with van der Waals surface area (Å²) in [6.45, 7) is 2.28. The van der Waals surface area contributed by atoms with E-state index < -0.39 is 0 Å². The molecule has 204 valence electrons. The monoisotopic (exact) mass is 538 g/mol. The standard InChI is InChI=1S/C30H38N2O5S/c1-18-7-11-22(12-8-18)37-23-13-14-26(35-2)25(17-23)29(33)32-28-20-10-9-19(15-20)27(28)30(34)31-21-5-4-6-24(16-21)38-36-3/h4-6,13-14,16-20,22,27-28H,7-12,15H2,1-3H3,(H,31,34)(H,32,33)/t18?,19-,20+,22?,27+,28-/m1/s1. The van der Waals surface area contributed by atoms with Gasteiger partial charge in [-0.05, 0) is 99.1 Å². The second-order valence-electron chi connectivity index (χ2n) is 11.0. The molecule has 2 amide bonds. The average molecular weight is 539 g/mol. The Kier molecular flexibility index (Phi) is 8.48. The molecule has 0 aromatic heterocycles. The third-order valence-electron chi connectivity index (χ3n) is 8.48. The summed E-state index contributed by atoms with van der Waals surface area (Å²) in [5.74, 6) is 1.96. The minimum atomic E-state index is -0.272. The Bertz CT molecular complexity index is 1150. The number of fused-ring (bicyclic) bond motifs is 2. The van der Waals surface area contributed by atoms with Gasteiger partial charge in [-0.25, -0.2) is 0 Å². The minimum absolute atomic E-state index is 0.0438. The van der Waals surface area contributed by atoms with E-state index in [0.717, 1.165) is 61.4 Å². The van der Waals surface area contributed by atoms with E-state index in [0.29, 0.717) is 23.0 Å². The highest BCUT2D eigenvalue weighted by atomic mass is 32.2. The van der Waals surface area contributed by atoms with Crippen molar-refractivity contribution in [2.75, 3.05) is 19.5 Å². The second-order valence-corrected chi connectivity index (χ2v) is 12.0. The fourth-order valence-electron chi connectivity index (χ4n) is 6.53. The van der Waals surface area contributed by atoms with Crippen LogP contribution in [0.1, 0.15) is 62.2 Å². The van der Waals surface area contributed by atoms with Gasteiger partial charge < -0.3 is 24.3 Å². The number of carbonyl (C=O) groups excluding carboxylic acids is 2. The predicted octanol–water partition coefficient (Wildman–Crippen LogP) is 6.09. The number of methoxy groups -OCH3 is 1. The lowest BCUT2D eigenvalue weighted by Gasteiger charge is -2.31. The molecule has 2 aromatic carbocycles. The van der Waals surface area contributed by atoms with Crippen LogP contribution >= 0.6 is 12.0 Å². The molecule has 0 radical (unpaired) electrons. The molecule has 2 N–H and O–H groups in total. The van der Waals surface area contributed by atoms with E-state index in [2.05, 4.69) is 17.6 Å². The Balaban J connectivity index is 1.29. The van der Waals surface area contributed by atoms with Crippen molar-refractivity contribution in [2.45, 2.75) is 68.9 Å². The van der Waals surface area contributed by atoms with Crippen molar-refractivity contribution in [3.63, 3.8) is 0 Å². The molecule has 38 heavy (non-hydrogen) atoms. The van der Waals surface area contributed by atoms with Crippen LogP contribution in [-0.2, 0) is 8.98 Å². The van der Waals surface area contributed by atoms with E-state index in [1.807, 2.05) is 30.3 Å². The molecule has 3 aliphatic carbocycles. The molecular weight excluding hydrogens is 500 g/mol. The molecule has 3 aliphatic rings. The predicted molar refractivity (Wildman–Crippen MR) is 149 cm³/mol. The Hall–Kier alpha value is -2.71. The van der Waals surface area contributed by atoms with Gasteiger partial charge in [0.05, 0.1) is 31.8 Å². The van der Waals surface area contributed by atoms with Crippen LogP contribution in [0.3, 0.4) is 0 Å². The molecule has 7 nitrogen and oxygen atoms in total. The maximum absolute atomic E-state index is 13.6. The zero-order valence-electron chi connectivity index (χ0n) is 22.4. The van der Waals surface area contributed by atoms with Gasteiger partial charge in [0.25, 0.3) is 5.91 Å². The van der Waals surface area contributed by atoms with Crippen LogP contribution in [0.15, 0.2) is 47.4 Å².